The molecule has 1 aromatic heterocycles. The van der Waals surface area contributed by atoms with Crippen molar-refractivity contribution >= 4 is 17.4 Å². The summed E-state index contributed by atoms with van der Waals surface area (Å²) in [4.78, 5) is 19.0. The van der Waals surface area contributed by atoms with Crippen LogP contribution in [0.25, 0.3) is 11.3 Å². The number of aromatic nitrogens is 2. The summed E-state index contributed by atoms with van der Waals surface area (Å²) in [5, 5.41) is 8.82. The lowest BCUT2D eigenvalue weighted by Crippen LogP contribution is -2.50. The monoisotopic (exact) mass is 475 g/mol. The van der Waals surface area contributed by atoms with Crippen LogP contribution in [0.15, 0.2) is 60.7 Å². The first-order valence-electron chi connectivity index (χ1n) is 12.1. The Morgan fingerprint density at radius 1 is 0.914 bits per heavy atom. The van der Waals surface area contributed by atoms with E-state index in [1.54, 1.807) is 7.11 Å². The minimum atomic E-state index is -0.00245. The van der Waals surface area contributed by atoms with Crippen molar-refractivity contribution in [2.45, 2.75) is 13.8 Å². The number of nitrogens with zero attached hydrogens (tertiary/aromatic N) is 5. The Bertz CT molecular complexity index is 1110. The van der Waals surface area contributed by atoms with Crippen LogP contribution in [-0.4, -0.2) is 74.0 Å². The van der Waals surface area contributed by atoms with E-state index < -0.39 is 0 Å². The molecule has 0 radical (unpaired) electrons. The van der Waals surface area contributed by atoms with Gasteiger partial charge in [0, 0.05) is 56.6 Å². The van der Waals surface area contributed by atoms with Crippen LogP contribution in [0.4, 0.5) is 11.5 Å². The van der Waals surface area contributed by atoms with Crippen LogP contribution >= 0.6 is 0 Å². The van der Waals surface area contributed by atoms with E-state index in [4.69, 9.17) is 9.47 Å². The number of rotatable bonds is 9. The van der Waals surface area contributed by atoms with Gasteiger partial charge >= 0.3 is 0 Å². The second-order valence-electron chi connectivity index (χ2n) is 8.33. The molecular formula is C27H33N5O3. The van der Waals surface area contributed by atoms with E-state index in [9.17, 15) is 4.79 Å². The second-order valence-corrected chi connectivity index (χ2v) is 8.33. The second kappa shape index (κ2) is 11.6. The molecule has 0 saturated carbocycles. The summed E-state index contributed by atoms with van der Waals surface area (Å²) < 4.78 is 11.1. The highest BCUT2D eigenvalue weighted by Gasteiger charge is 2.22. The third kappa shape index (κ3) is 6.01. The molecule has 0 spiro atoms. The molecule has 1 aliphatic heterocycles. The number of anilines is 2. The maximum atomic E-state index is 12.7. The van der Waals surface area contributed by atoms with Gasteiger partial charge in [-0.2, -0.15) is 0 Å². The van der Waals surface area contributed by atoms with Crippen LogP contribution in [0.1, 0.15) is 13.8 Å². The molecule has 2 heterocycles. The molecule has 0 unspecified atom stereocenters. The molecule has 35 heavy (non-hydrogen) atoms. The third-order valence-electron chi connectivity index (χ3n) is 6.28. The van der Waals surface area contributed by atoms with Crippen LogP contribution in [0.3, 0.4) is 0 Å². The summed E-state index contributed by atoms with van der Waals surface area (Å²) in [5.41, 5.74) is 2.86. The number of methoxy groups -OCH3 is 1. The summed E-state index contributed by atoms with van der Waals surface area (Å²) >= 11 is 0. The quantitative estimate of drug-likeness (QED) is 0.467. The molecule has 184 valence electrons. The molecular weight excluding hydrogens is 442 g/mol. The molecule has 0 aliphatic carbocycles. The predicted octanol–water partition coefficient (Wildman–Crippen LogP) is 3.73. The van der Waals surface area contributed by atoms with Gasteiger partial charge in [0.2, 0.25) is 0 Å². The Hall–Kier alpha value is -3.81. The van der Waals surface area contributed by atoms with Gasteiger partial charge in [0.05, 0.1) is 12.8 Å². The molecule has 0 atom stereocenters. The Balaban J connectivity index is 1.28. The molecule has 1 amide bonds. The first-order valence-corrected chi connectivity index (χ1v) is 12.1. The number of ether oxygens (including phenoxy) is 2. The zero-order valence-electron chi connectivity index (χ0n) is 20.7. The first kappa shape index (κ1) is 24.3. The topological polar surface area (TPSA) is 71.0 Å². The fraction of sp³-hybridized carbons (Fsp3) is 0.370. The number of carbonyl (C=O) groups is 1. The third-order valence-corrected chi connectivity index (χ3v) is 6.28. The number of benzene rings is 2. The van der Waals surface area contributed by atoms with Gasteiger partial charge in [-0.05, 0) is 50.2 Å². The van der Waals surface area contributed by atoms with E-state index in [0.29, 0.717) is 31.9 Å². The lowest BCUT2D eigenvalue weighted by Gasteiger charge is -2.35. The highest BCUT2D eigenvalue weighted by Crippen LogP contribution is 2.24. The van der Waals surface area contributed by atoms with Crippen LogP contribution in [0.5, 0.6) is 11.5 Å². The van der Waals surface area contributed by atoms with Crippen LogP contribution < -0.4 is 19.3 Å². The van der Waals surface area contributed by atoms with Crippen molar-refractivity contribution in [3.8, 4) is 22.8 Å². The molecule has 2 aromatic carbocycles. The SMILES string of the molecule is CCN(CC)c1cccc(OCC(=O)N2CCN(c3ccc(-c4cccc(OC)c4)nn3)CC2)c1. The molecule has 1 fully saturated rings. The number of amides is 1. The summed E-state index contributed by atoms with van der Waals surface area (Å²) in [7, 11) is 1.65. The van der Waals surface area contributed by atoms with Gasteiger partial charge in [-0.3, -0.25) is 4.79 Å². The van der Waals surface area contributed by atoms with Crippen LogP contribution in [0, 0.1) is 0 Å². The van der Waals surface area contributed by atoms with Crippen molar-refractivity contribution in [1.82, 2.24) is 15.1 Å². The maximum Gasteiger partial charge on any atom is 0.260 e. The minimum absolute atomic E-state index is 0.00245. The molecule has 0 bridgehead atoms. The molecule has 1 saturated heterocycles. The fourth-order valence-corrected chi connectivity index (χ4v) is 4.21. The number of carbonyl (C=O) groups excluding carboxylic acids is 1. The van der Waals surface area contributed by atoms with Gasteiger partial charge in [-0.25, -0.2) is 0 Å². The summed E-state index contributed by atoms with van der Waals surface area (Å²) in [5.74, 6) is 2.31. The van der Waals surface area contributed by atoms with Gasteiger partial charge in [0.15, 0.2) is 12.4 Å². The van der Waals surface area contributed by atoms with Crippen molar-refractivity contribution < 1.29 is 14.3 Å². The highest BCUT2D eigenvalue weighted by molar-refractivity contribution is 5.78. The average Bonchev–Trinajstić information content (AvgIpc) is 2.93. The highest BCUT2D eigenvalue weighted by atomic mass is 16.5. The maximum absolute atomic E-state index is 12.7. The van der Waals surface area contributed by atoms with E-state index in [-0.39, 0.29) is 12.5 Å². The van der Waals surface area contributed by atoms with E-state index in [2.05, 4.69) is 39.9 Å². The number of hydrogen-bond donors (Lipinski definition) is 0. The van der Waals surface area contributed by atoms with Crippen molar-refractivity contribution in [3.05, 3.63) is 60.7 Å². The normalized spacial score (nSPS) is 13.5. The van der Waals surface area contributed by atoms with Gasteiger partial charge in [-0.1, -0.05) is 18.2 Å². The Kier molecular flexibility index (Phi) is 8.03. The average molecular weight is 476 g/mol. The molecule has 3 aromatic rings. The lowest BCUT2D eigenvalue weighted by atomic mass is 10.1. The Morgan fingerprint density at radius 3 is 2.34 bits per heavy atom. The summed E-state index contributed by atoms with van der Waals surface area (Å²) in [6.07, 6.45) is 0. The fourth-order valence-electron chi connectivity index (χ4n) is 4.21. The van der Waals surface area contributed by atoms with E-state index in [1.165, 1.54) is 0 Å². The lowest BCUT2D eigenvalue weighted by molar-refractivity contribution is -0.133. The largest absolute Gasteiger partial charge is 0.497 e. The van der Waals surface area contributed by atoms with Gasteiger partial charge in [0.25, 0.3) is 5.91 Å². The molecule has 1 aliphatic rings. The van der Waals surface area contributed by atoms with Crippen molar-refractivity contribution in [3.63, 3.8) is 0 Å². The summed E-state index contributed by atoms with van der Waals surface area (Å²) in [6.45, 7) is 8.81. The Morgan fingerprint density at radius 2 is 1.66 bits per heavy atom. The molecule has 0 N–H and O–H groups in total. The Labute approximate surface area is 207 Å². The van der Waals surface area contributed by atoms with E-state index >= 15 is 0 Å². The van der Waals surface area contributed by atoms with Crippen molar-refractivity contribution in [1.29, 1.82) is 0 Å². The van der Waals surface area contributed by atoms with E-state index in [1.807, 2.05) is 59.5 Å². The predicted molar refractivity (Wildman–Crippen MR) is 138 cm³/mol. The van der Waals surface area contributed by atoms with Gasteiger partial charge in [0.1, 0.15) is 11.5 Å². The van der Waals surface area contributed by atoms with Crippen molar-refractivity contribution in [2.75, 3.05) is 62.8 Å². The van der Waals surface area contributed by atoms with E-state index in [0.717, 1.165) is 41.6 Å². The first-order chi connectivity index (χ1) is 17.1. The smallest absolute Gasteiger partial charge is 0.260 e. The van der Waals surface area contributed by atoms with Gasteiger partial charge < -0.3 is 24.2 Å². The molecule has 8 nitrogen and oxygen atoms in total. The zero-order valence-corrected chi connectivity index (χ0v) is 20.7. The van der Waals surface area contributed by atoms with Gasteiger partial charge in [-0.15, -0.1) is 10.2 Å². The molecule has 8 heteroatoms. The summed E-state index contributed by atoms with van der Waals surface area (Å²) in [6, 6.07) is 19.6. The number of hydrogen-bond acceptors (Lipinski definition) is 7. The van der Waals surface area contributed by atoms with Crippen LogP contribution in [0.2, 0.25) is 0 Å². The van der Waals surface area contributed by atoms with Crippen molar-refractivity contribution in [2.24, 2.45) is 0 Å². The zero-order chi connectivity index (χ0) is 24.6. The van der Waals surface area contributed by atoms with Crippen LogP contribution in [-0.2, 0) is 4.79 Å². The number of piperazine rings is 1. The standard InChI is InChI=1S/C27H33N5O3/c1-4-30(5-2)22-9-7-11-24(19-22)35-20-27(33)32-16-14-31(15-17-32)26-13-12-25(28-29-26)21-8-6-10-23(18-21)34-3/h6-13,18-19H,4-5,14-17,20H2,1-3H3. The minimum Gasteiger partial charge on any atom is -0.497 e. The molecule has 4 rings (SSSR count).